The van der Waals surface area contributed by atoms with Gasteiger partial charge in [-0.05, 0) is 38.8 Å². The minimum atomic E-state index is 0.229. The van der Waals surface area contributed by atoms with Gasteiger partial charge in [0.2, 0.25) is 0 Å². The van der Waals surface area contributed by atoms with E-state index >= 15 is 0 Å². The van der Waals surface area contributed by atoms with Crippen LogP contribution in [0.2, 0.25) is 0 Å². The number of hydrogen-bond acceptors (Lipinski definition) is 2. The van der Waals surface area contributed by atoms with Gasteiger partial charge < -0.3 is 11.1 Å². The maximum absolute atomic E-state index is 5.42. The van der Waals surface area contributed by atoms with Gasteiger partial charge in [0, 0.05) is 0 Å². The van der Waals surface area contributed by atoms with Gasteiger partial charge in [0.1, 0.15) is 0 Å². The van der Waals surface area contributed by atoms with Crippen molar-refractivity contribution in [1.82, 2.24) is 5.32 Å². The van der Waals surface area contributed by atoms with Crippen molar-refractivity contribution >= 4 is 15.9 Å². The van der Waals surface area contributed by atoms with Gasteiger partial charge in [-0.3, -0.25) is 0 Å². The van der Waals surface area contributed by atoms with Crippen molar-refractivity contribution in [2.24, 2.45) is 5.73 Å². The lowest BCUT2D eigenvalue weighted by atomic mass is 10.1. The number of hydrogen-bond donors (Lipinski definition) is 2. The predicted octanol–water partition coefficient (Wildman–Crippen LogP) is 1.20. The fourth-order valence-electron chi connectivity index (χ4n) is 1.37. The summed E-state index contributed by atoms with van der Waals surface area (Å²) >= 11 is 3.68. The van der Waals surface area contributed by atoms with Crippen molar-refractivity contribution in [2.75, 3.05) is 13.1 Å². The van der Waals surface area contributed by atoms with Crippen molar-refractivity contribution in [3.05, 3.63) is 0 Å². The number of nitrogens with one attached hydrogen (secondary N) is 1. The van der Waals surface area contributed by atoms with Gasteiger partial charge in [0.15, 0.2) is 0 Å². The smallest absolute Gasteiger partial charge is 0.0743 e. The highest BCUT2D eigenvalue weighted by Gasteiger charge is 2.28. The first-order valence-corrected chi connectivity index (χ1v) is 4.70. The molecule has 1 saturated heterocycles. The lowest BCUT2D eigenvalue weighted by Crippen LogP contribution is -2.33. The third kappa shape index (κ3) is 2.22. The Balaban J connectivity index is 2.22. The zero-order chi connectivity index (χ0) is 7.45. The van der Waals surface area contributed by atoms with E-state index in [4.69, 9.17) is 5.73 Å². The van der Waals surface area contributed by atoms with Crippen LogP contribution in [0.5, 0.6) is 0 Å². The van der Waals surface area contributed by atoms with Gasteiger partial charge >= 0.3 is 0 Å². The topological polar surface area (TPSA) is 38.0 Å². The molecule has 1 fully saturated rings. The molecule has 0 radical (unpaired) electrons. The summed E-state index contributed by atoms with van der Waals surface area (Å²) in [5, 5.41) is 3.43. The molecule has 0 aliphatic carbocycles. The SMILES string of the molecule is NCCCC1(Br)CCCN1. The molecule has 3 N–H and O–H groups in total. The second-order valence-corrected chi connectivity index (χ2v) is 4.41. The maximum Gasteiger partial charge on any atom is 0.0743 e. The lowest BCUT2D eigenvalue weighted by molar-refractivity contribution is 0.503. The largest absolute Gasteiger partial charge is 0.330 e. The van der Waals surface area contributed by atoms with Crippen molar-refractivity contribution < 1.29 is 0 Å². The van der Waals surface area contributed by atoms with Crippen LogP contribution in [0.25, 0.3) is 0 Å². The summed E-state index contributed by atoms with van der Waals surface area (Å²) in [5.74, 6) is 0. The summed E-state index contributed by atoms with van der Waals surface area (Å²) in [6, 6.07) is 0. The molecule has 0 saturated carbocycles. The molecular weight excluding hydrogens is 192 g/mol. The van der Waals surface area contributed by atoms with E-state index < -0.39 is 0 Å². The molecule has 3 heteroatoms. The summed E-state index contributed by atoms with van der Waals surface area (Å²) in [5.41, 5.74) is 5.42. The van der Waals surface area contributed by atoms with Crippen LogP contribution < -0.4 is 11.1 Å². The van der Waals surface area contributed by atoms with Gasteiger partial charge in [-0.1, -0.05) is 15.9 Å². The first kappa shape index (κ1) is 8.50. The summed E-state index contributed by atoms with van der Waals surface area (Å²) in [4.78, 5) is 0. The van der Waals surface area contributed by atoms with E-state index in [1.54, 1.807) is 0 Å². The molecule has 1 heterocycles. The molecule has 0 spiro atoms. The molecule has 2 nitrogen and oxygen atoms in total. The van der Waals surface area contributed by atoms with Crippen LogP contribution >= 0.6 is 15.9 Å². The van der Waals surface area contributed by atoms with Crippen LogP contribution in [-0.4, -0.2) is 17.5 Å². The number of rotatable bonds is 3. The highest BCUT2D eigenvalue weighted by Crippen LogP contribution is 2.30. The van der Waals surface area contributed by atoms with E-state index in [1.807, 2.05) is 0 Å². The normalized spacial score (nSPS) is 33.0. The van der Waals surface area contributed by atoms with Gasteiger partial charge in [-0.2, -0.15) is 0 Å². The summed E-state index contributed by atoms with van der Waals surface area (Å²) < 4.78 is 0.229. The first-order chi connectivity index (χ1) is 4.77. The predicted molar refractivity (Wildman–Crippen MR) is 47.2 cm³/mol. The fraction of sp³-hybridized carbons (Fsp3) is 1.00. The van der Waals surface area contributed by atoms with E-state index in [1.165, 1.54) is 12.8 Å². The van der Waals surface area contributed by atoms with Crippen molar-refractivity contribution in [1.29, 1.82) is 0 Å². The fourth-order valence-corrected chi connectivity index (χ4v) is 2.12. The van der Waals surface area contributed by atoms with Gasteiger partial charge in [0.25, 0.3) is 0 Å². The molecule has 1 aliphatic heterocycles. The number of nitrogens with two attached hydrogens (primary N) is 1. The second kappa shape index (κ2) is 3.69. The zero-order valence-electron chi connectivity index (χ0n) is 6.20. The average Bonchev–Trinajstić information content (AvgIpc) is 2.33. The Bertz CT molecular complexity index is 99.8. The zero-order valence-corrected chi connectivity index (χ0v) is 7.78. The van der Waals surface area contributed by atoms with Crippen LogP contribution in [0.4, 0.5) is 0 Å². The third-order valence-electron chi connectivity index (χ3n) is 1.97. The summed E-state index contributed by atoms with van der Waals surface area (Å²) in [6.45, 7) is 1.95. The molecule has 0 bridgehead atoms. The van der Waals surface area contributed by atoms with Gasteiger partial charge in [-0.25, -0.2) is 0 Å². The standard InChI is InChI=1S/C7H15BrN2/c8-7(3-1-5-9)4-2-6-10-7/h10H,1-6,9H2. The van der Waals surface area contributed by atoms with E-state index in [-0.39, 0.29) is 4.45 Å². The van der Waals surface area contributed by atoms with Crippen LogP contribution in [0, 0.1) is 0 Å². The molecule has 0 aromatic rings. The third-order valence-corrected chi connectivity index (χ3v) is 3.04. The molecule has 0 aromatic heterocycles. The van der Waals surface area contributed by atoms with E-state index in [0.29, 0.717) is 0 Å². The van der Waals surface area contributed by atoms with Crippen molar-refractivity contribution in [2.45, 2.75) is 30.1 Å². The molecule has 1 atom stereocenters. The van der Waals surface area contributed by atoms with E-state index in [2.05, 4.69) is 21.2 Å². The monoisotopic (exact) mass is 206 g/mol. The van der Waals surface area contributed by atoms with Crippen molar-refractivity contribution in [3.63, 3.8) is 0 Å². The first-order valence-electron chi connectivity index (χ1n) is 3.91. The van der Waals surface area contributed by atoms with Crippen molar-refractivity contribution in [3.8, 4) is 0 Å². The summed E-state index contributed by atoms with van der Waals surface area (Å²) in [6.07, 6.45) is 4.80. The molecule has 1 rings (SSSR count). The molecular formula is C7H15BrN2. The molecule has 0 amide bonds. The molecule has 1 aliphatic rings. The number of halogens is 1. The Labute approximate surface area is 70.7 Å². The number of alkyl halides is 1. The highest BCUT2D eigenvalue weighted by molar-refractivity contribution is 9.10. The van der Waals surface area contributed by atoms with Crippen LogP contribution in [0.3, 0.4) is 0 Å². The average molecular weight is 207 g/mol. The van der Waals surface area contributed by atoms with E-state index in [9.17, 15) is 0 Å². The van der Waals surface area contributed by atoms with Crippen LogP contribution in [-0.2, 0) is 0 Å². The van der Waals surface area contributed by atoms with Crippen LogP contribution in [0.15, 0.2) is 0 Å². The molecule has 0 aromatic carbocycles. The minimum Gasteiger partial charge on any atom is -0.330 e. The Kier molecular flexibility index (Phi) is 3.14. The molecule has 10 heavy (non-hydrogen) atoms. The maximum atomic E-state index is 5.42. The molecule has 60 valence electrons. The van der Waals surface area contributed by atoms with Crippen LogP contribution in [0.1, 0.15) is 25.7 Å². The molecule has 1 unspecified atom stereocenters. The highest BCUT2D eigenvalue weighted by atomic mass is 79.9. The quantitative estimate of drug-likeness (QED) is 0.539. The Morgan fingerprint density at radius 3 is 2.90 bits per heavy atom. The Morgan fingerprint density at radius 1 is 1.60 bits per heavy atom. The van der Waals surface area contributed by atoms with E-state index in [0.717, 1.165) is 25.9 Å². The van der Waals surface area contributed by atoms with Gasteiger partial charge in [0.05, 0.1) is 4.45 Å². The van der Waals surface area contributed by atoms with Gasteiger partial charge in [-0.15, -0.1) is 0 Å². The second-order valence-electron chi connectivity index (χ2n) is 2.89. The Morgan fingerprint density at radius 2 is 2.40 bits per heavy atom. The summed E-state index contributed by atoms with van der Waals surface area (Å²) in [7, 11) is 0. The minimum absolute atomic E-state index is 0.229. The lowest BCUT2D eigenvalue weighted by Gasteiger charge is -2.21. The Hall–Kier alpha value is 0.400.